The zero-order chi connectivity index (χ0) is 23.1. The van der Waals surface area contributed by atoms with Crippen molar-refractivity contribution < 1.29 is 19.7 Å². The lowest BCUT2D eigenvalue weighted by molar-refractivity contribution is -0.136. The van der Waals surface area contributed by atoms with Gasteiger partial charge < -0.3 is 20.7 Å². The number of aliphatic hydroxyl groups is 1. The Morgan fingerprint density at radius 2 is 1.81 bits per heavy atom. The first-order chi connectivity index (χ1) is 14.6. The van der Waals surface area contributed by atoms with E-state index >= 15 is 0 Å². The van der Waals surface area contributed by atoms with Crippen LogP contribution in [0, 0.1) is 0 Å². The summed E-state index contributed by atoms with van der Waals surface area (Å²) in [5.41, 5.74) is 10.9. The van der Waals surface area contributed by atoms with E-state index in [2.05, 4.69) is 13.8 Å². The normalized spacial score (nSPS) is 13.7. The second kappa shape index (κ2) is 10.8. The number of hydrogen-bond donors (Lipinski definition) is 3. The fourth-order valence-corrected chi connectivity index (χ4v) is 3.24. The van der Waals surface area contributed by atoms with Gasteiger partial charge in [-0.1, -0.05) is 44.2 Å². The van der Waals surface area contributed by atoms with Crippen molar-refractivity contribution in [3.8, 4) is 5.75 Å². The average molecular weight is 424 g/mol. The Bertz CT molecular complexity index is 985. The van der Waals surface area contributed by atoms with Crippen LogP contribution in [0.2, 0.25) is 0 Å². The minimum Gasteiger partial charge on any atom is -0.512 e. The smallest absolute Gasteiger partial charge is 0.307 e. The van der Waals surface area contributed by atoms with Gasteiger partial charge in [-0.25, -0.2) is 0 Å². The molecule has 4 N–H and O–H groups in total. The second-order valence-corrected chi connectivity index (χ2v) is 8.14. The maximum absolute atomic E-state index is 11.3. The number of carboxylic acid groups (broad SMARTS) is 1. The summed E-state index contributed by atoms with van der Waals surface area (Å²) < 4.78 is 6.20. The lowest BCUT2D eigenvalue weighted by Crippen LogP contribution is -2.16. The van der Waals surface area contributed by atoms with Crippen LogP contribution in [0.5, 0.6) is 5.75 Å². The molecule has 0 spiro atoms. The van der Waals surface area contributed by atoms with Gasteiger partial charge in [0, 0.05) is 17.7 Å². The number of carbonyl (C=O) groups is 1. The second-order valence-electron chi connectivity index (χ2n) is 8.14. The summed E-state index contributed by atoms with van der Waals surface area (Å²) in [6.07, 6.45) is 1.48. The third kappa shape index (κ3) is 6.72. The highest BCUT2D eigenvalue weighted by atomic mass is 16.5. The van der Waals surface area contributed by atoms with E-state index in [9.17, 15) is 15.0 Å². The molecule has 0 saturated heterocycles. The molecular weight excluding hydrogens is 390 g/mol. The van der Waals surface area contributed by atoms with Crippen LogP contribution in [0.15, 0.2) is 59.9 Å². The van der Waals surface area contributed by atoms with Crippen LogP contribution in [0.3, 0.4) is 0 Å². The summed E-state index contributed by atoms with van der Waals surface area (Å²) in [4.78, 5) is 11.3. The van der Waals surface area contributed by atoms with Gasteiger partial charge >= 0.3 is 5.97 Å². The number of hydrogen-bond acceptors (Lipinski definition) is 4. The molecule has 0 amide bonds. The summed E-state index contributed by atoms with van der Waals surface area (Å²) in [6.45, 7) is 10.1. The fraction of sp³-hybridized carbons (Fsp3) is 0.346. The van der Waals surface area contributed by atoms with Gasteiger partial charge in [-0.15, -0.1) is 0 Å². The van der Waals surface area contributed by atoms with Crippen LogP contribution in [-0.2, 0) is 17.8 Å². The van der Waals surface area contributed by atoms with Crippen LogP contribution < -0.4 is 10.5 Å². The molecule has 1 atom stereocenters. The first kappa shape index (κ1) is 24.2. The summed E-state index contributed by atoms with van der Waals surface area (Å²) >= 11 is 0. The van der Waals surface area contributed by atoms with Gasteiger partial charge in [0.1, 0.15) is 11.9 Å². The summed E-state index contributed by atoms with van der Waals surface area (Å²) in [7, 11) is 0. The highest BCUT2D eigenvalue weighted by Crippen LogP contribution is 2.29. The molecular formula is C26H33NO4. The lowest BCUT2D eigenvalue weighted by atomic mass is 9.98. The molecule has 2 aromatic carbocycles. The maximum atomic E-state index is 11.3. The quantitative estimate of drug-likeness (QED) is 0.361. The number of rotatable bonds is 9. The third-order valence-corrected chi connectivity index (χ3v) is 5.28. The van der Waals surface area contributed by atoms with E-state index < -0.39 is 5.97 Å². The number of ether oxygens (including phenoxy) is 1. The molecule has 0 fully saturated rings. The molecule has 0 aromatic heterocycles. The van der Waals surface area contributed by atoms with Crippen molar-refractivity contribution in [3.63, 3.8) is 0 Å². The molecule has 0 aliphatic rings. The third-order valence-electron chi connectivity index (χ3n) is 5.28. The fourth-order valence-electron chi connectivity index (χ4n) is 3.24. The molecule has 2 rings (SSSR count). The molecule has 2 aromatic rings. The van der Waals surface area contributed by atoms with E-state index in [-0.39, 0.29) is 18.3 Å². The van der Waals surface area contributed by atoms with Gasteiger partial charge in [0.25, 0.3) is 0 Å². The van der Waals surface area contributed by atoms with Crippen molar-refractivity contribution in [2.45, 2.75) is 59.6 Å². The van der Waals surface area contributed by atoms with Crippen molar-refractivity contribution in [1.29, 1.82) is 0 Å². The zero-order valence-electron chi connectivity index (χ0n) is 19.0. The summed E-state index contributed by atoms with van der Waals surface area (Å²) in [6, 6.07) is 13.4. The number of aliphatic carboxylic acids is 1. The van der Waals surface area contributed by atoms with Gasteiger partial charge in [-0.2, -0.15) is 0 Å². The first-order valence-electron chi connectivity index (χ1n) is 10.5. The van der Waals surface area contributed by atoms with E-state index in [1.165, 1.54) is 0 Å². The SMILES string of the molecule is C/C(O)=C(\C=C(/C)C(C)Oc1cc(C(C)C)ccc1CC(=O)O)c1cccc(CN)c1. The number of nitrogens with two attached hydrogens (primary N) is 1. The van der Waals surface area contributed by atoms with Gasteiger partial charge in [0.05, 0.1) is 12.2 Å². The molecule has 5 nitrogen and oxygen atoms in total. The molecule has 0 saturated carbocycles. The Hall–Kier alpha value is -3.05. The van der Waals surface area contributed by atoms with Crippen molar-refractivity contribution in [3.05, 3.63) is 82.1 Å². The van der Waals surface area contributed by atoms with Crippen molar-refractivity contribution in [1.82, 2.24) is 0 Å². The van der Waals surface area contributed by atoms with E-state index in [4.69, 9.17) is 10.5 Å². The van der Waals surface area contributed by atoms with Crippen molar-refractivity contribution in [2.75, 3.05) is 0 Å². The molecule has 1 unspecified atom stereocenters. The molecule has 0 aliphatic carbocycles. The predicted molar refractivity (Wildman–Crippen MR) is 125 cm³/mol. The Morgan fingerprint density at radius 3 is 2.39 bits per heavy atom. The first-order valence-corrected chi connectivity index (χ1v) is 10.5. The Balaban J connectivity index is 2.36. The van der Waals surface area contributed by atoms with Gasteiger partial charge in [0.15, 0.2) is 0 Å². The minimum absolute atomic E-state index is 0.101. The molecule has 0 aliphatic heterocycles. The molecule has 0 heterocycles. The highest BCUT2D eigenvalue weighted by molar-refractivity contribution is 5.76. The van der Waals surface area contributed by atoms with Crippen molar-refractivity contribution >= 4 is 11.5 Å². The summed E-state index contributed by atoms with van der Waals surface area (Å²) in [5.74, 6) is 0.178. The standard InChI is InChI=1S/C26H33NO4/c1-16(2)21-9-10-23(14-26(29)30)25(13-21)31-19(5)17(3)11-24(18(4)28)22-8-6-7-20(12-22)15-27/h6-13,16,19,28H,14-15,27H2,1-5H3,(H,29,30)/b17-11+,24-18-. The van der Waals surface area contributed by atoms with E-state index in [0.29, 0.717) is 29.3 Å². The zero-order valence-corrected chi connectivity index (χ0v) is 19.0. The molecule has 0 bridgehead atoms. The van der Waals surface area contributed by atoms with Crippen LogP contribution in [-0.4, -0.2) is 22.3 Å². The molecule has 5 heteroatoms. The van der Waals surface area contributed by atoms with Gasteiger partial charge in [-0.3, -0.25) is 4.79 Å². The predicted octanol–water partition coefficient (Wildman–Crippen LogP) is 5.60. The largest absolute Gasteiger partial charge is 0.512 e. The highest BCUT2D eigenvalue weighted by Gasteiger charge is 2.15. The van der Waals surface area contributed by atoms with Crippen LogP contribution in [0.25, 0.3) is 5.57 Å². The monoisotopic (exact) mass is 423 g/mol. The number of allylic oxidation sites excluding steroid dienone is 3. The number of benzene rings is 2. The van der Waals surface area contributed by atoms with Gasteiger partial charge in [-0.05, 0) is 67.2 Å². The Kier molecular flexibility index (Phi) is 8.46. The van der Waals surface area contributed by atoms with Crippen LogP contribution >= 0.6 is 0 Å². The number of aliphatic hydroxyl groups excluding tert-OH is 1. The van der Waals surface area contributed by atoms with E-state index in [1.807, 2.05) is 62.4 Å². The van der Waals surface area contributed by atoms with Crippen molar-refractivity contribution in [2.24, 2.45) is 5.73 Å². The van der Waals surface area contributed by atoms with Crippen LogP contribution in [0.4, 0.5) is 0 Å². The number of carboxylic acids is 1. The molecule has 0 radical (unpaired) electrons. The van der Waals surface area contributed by atoms with E-state index in [1.54, 1.807) is 6.92 Å². The lowest BCUT2D eigenvalue weighted by Gasteiger charge is -2.20. The van der Waals surface area contributed by atoms with Crippen LogP contribution in [0.1, 0.15) is 62.8 Å². The topological polar surface area (TPSA) is 92.8 Å². The molecule has 166 valence electrons. The minimum atomic E-state index is -0.900. The molecule has 31 heavy (non-hydrogen) atoms. The maximum Gasteiger partial charge on any atom is 0.307 e. The summed E-state index contributed by atoms with van der Waals surface area (Å²) in [5, 5.41) is 19.5. The van der Waals surface area contributed by atoms with E-state index in [0.717, 1.165) is 22.3 Å². The Morgan fingerprint density at radius 1 is 1.10 bits per heavy atom. The Labute approximate surface area is 184 Å². The average Bonchev–Trinajstić information content (AvgIpc) is 2.72. The van der Waals surface area contributed by atoms with Gasteiger partial charge in [0.2, 0.25) is 0 Å².